The number of nitrogens with two attached hydrogens (primary N) is 1. The number of aliphatic hydroxyl groups is 1. The monoisotopic (exact) mass is 495 g/mol. The van der Waals surface area contributed by atoms with Gasteiger partial charge in [-0.05, 0) is 57.6 Å². The van der Waals surface area contributed by atoms with Crippen molar-refractivity contribution in [1.82, 2.24) is 0 Å². The lowest BCUT2D eigenvalue weighted by molar-refractivity contribution is -0.490. The minimum Gasteiger partial charge on any atom is -0.564 e. The van der Waals surface area contributed by atoms with E-state index >= 15 is 0 Å². The van der Waals surface area contributed by atoms with Crippen LogP contribution >= 0.6 is 0 Å². The van der Waals surface area contributed by atoms with Gasteiger partial charge in [-0.1, -0.05) is 72.9 Å². The number of allylic oxidation sites excluding steroid dienone is 3. The molecule has 0 radical (unpaired) electrons. The standard InChI is InChI=1S/C34H27N3O/c1-2-7-21(8-3-1)34-37-30-20-22(12-15-31(30)38-34)24-13-14-27(26-11-5-4-10-25(24)26)29-19-23-9-6-17-35-32(23)33-28(29)16-18-36-33/h1-7,9-16,18-21,34-37H,8,17H2/p+2. The van der Waals surface area contributed by atoms with Crippen molar-refractivity contribution in [3.8, 4) is 28.0 Å². The Morgan fingerprint density at radius 1 is 0.842 bits per heavy atom. The molecule has 0 bridgehead atoms. The third-order valence-electron chi connectivity index (χ3n) is 8.18. The maximum absolute atomic E-state index is 4.98. The molecule has 5 N–H and O–H groups in total. The molecule has 3 heterocycles. The van der Waals surface area contributed by atoms with Gasteiger partial charge in [0.2, 0.25) is 0 Å². The Balaban J connectivity index is 1.22. The first-order chi connectivity index (χ1) is 18.8. The maximum atomic E-state index is 4.98. The zero-order valence-electron chi connectivity index (χ0n) is 21.0. The van der Waals surface area contributed by atoms with E-state index in [9.17, 15) is 0 Å². The van der Waals surface area contributed by atoms with E-state index in [0.717, 1.165) is 24.4 Å². The van der Waals surface area contributed by atoms with Gasteiger partial charge >= 0.3 is 0 Å². The predicted molar refractivity (Wildman–Crippen MR) is 158 cm³/mol. The van der Waals surface area contributed by atoms with Crippen molar-refractivity contribution >= 4 is 40.0 Å². The topological polar surface area (TPSA) is 53.5 Å². The Morgan fingerprint density at radius 3 is 2.63 bits per heavy atom. The zero-order valence-corrected chi connectivity index (χ0v) is 21.0. The number of hydrogen-bond acceptors (Lipinski definition) is 2. The van der Waals surface area contributed by atoms with E-state index in [1.165, 1.54) is 55.5 Å². The maximum Gasteiger partial charge on any atom is 0.280 e. The smallest absolute Gasteiger partial charge is 0.280 e. The number of hydrogen-bond donors (Lipinski definition) is 3. The highest BCUT2D eigenvalue weighted by molar-refractivity contribution is 6.07. The Bertz CT molecular complexity index is 1740. The van der Waals surface area contributed by atoms with E-state index in [1.807, 2.05) is 0 Å². The second-order valence-corrected chi connectivity index (χ2v) is 10.4. The molecular weight excluding hydrogens is 466 g/mol. The van der Waals surface area contributed by atoms with Crippen molar-refractivity contribution in [3.63, 3.8) is 0 Å². The van der Waals surface area contributed by atoms with Crippen LogP contribution in [0.25, 0.3) is 45.2 Å². The SMILES string of the molecule is C1=CCC(C2Nc3cc(-c4ccc(-c5cc6c(c7c5C=C[NH2+]7)NCC=C6)c5ccccc45)ccc3[OH+]2)C=C1. The van der Waals surface area contributed by atoms with Crippen LogP contribution in [0.1, 0.15) is 17.5 Å². The van der Waals surface area contributed by atoms with Crippen molar-refractivity contribution in [2.45, 2.75) is 12.6 Å². The molecule has 4 aromatic rings. The van der Waals surface area contributed by atoms with Crippen LogP contribution in [0.4, 0.5) is 17.1 Å². The van der Waals surface area contributed by atoms with E-state index in [-0.39, 0.29) is 6.23 Å². The van der Waals surface area contributed by atoms with Crippen LogP contribution in [0.15, 0.2) is 97.2 Å². The van der Waals surface area contributed by atoms with Gasteiger partial charge in [0, 0.05) is 24.3 Å². The molecule has 2 atom stereocenters. The number of fused-ring (bicyclic) bond motifs is 5. The average Bonchev–Trinajstić information content (AvgIpc) is 3.64. The predicted octanol–water partition coefficient (Wildman–Crippen LogP) is 6.92. The lowest BCUT2D eigenvalue weighted by atomic mass is 9.88. The third-order valence-corrected chi connectivity index (χ3v) is 8.18. The van der Waals surface area contributed by atoms with Gasteiger partial charge in [0.25, 0.3) is 12.0 Å². The Morgan fingerprint density at radius 2 is 1.74 bits per heavy atom. The van der Waals surface area contributed by atoms with Crippen LogP contribution in [0, 0.1) is 5.92 Å². The second kappa shape index (κ2) is 8.51. The number of rotatable bonds is 3. The van der Waals surface area contributed by atoms with Gasteiger partial charge in [-0.2, -0.15) is 0 Å². The number of ether oxygens (including phenoxy) is 1. The van der Waals surface area contributed by atoms with Gasteiger partial charge in [-0.3, -0.25) is 5.32 Å². The summed E-state index contributed by atoms with van der Waals surface area (Å²) >= 11 is 0. The van der Waals surface area contributed by atoms with Crippen LogP contribution in [-0.4, -0.2) is 17.5 Å². The molecule has 4 aliphatic rings. The number of anilines is 2. The highest BCUT2D eigenvalue weighted by Gasteiger charge is 2.33. The molecule has 1 aliphatic carbocycles. The summed E-state index contributed by atoms with van der Waals surface area (Å²) < 4.78 is 4.98. The summed E-state index contributed by atoms with van der Waals surface area (Å²) in [5, 5.41) is 12.0. The van der Waals surface area contributed by atoms with Crippen LogP contribution in [0.3, 0.4) is 0 Å². The van der Waals surface area contributed by atoms with Crippen molar-refractivity contribution < 1.29 is 10.1 Å². The van der Waals surface area contributed by atoms with Crippen LogP contribution in [-0.2, 0) is 0 Å². The average molecular weight is 496 g/mol. The molecule has 0 saturated carbocycles. The van der Waals surface area contributed by atoms with E-state index in [1.54, 1.807) is 0 Å². The molecule has 3 aliphatic heterocycles. The molecule has 8 rings (SSSR count). The summed E-state index contributed by atoms with van der Waals surface area (Å²) in [5.41, 5.74) is 11.2. The highest BCUT2D eigenvalue weighted by atomic mass is 16.5. The Labute approximate surface area is 222 Å². The summed E-state index contributed by atoms with van der Waals surface area (Å²) in [6.07, 6.45) is 18.7. The second-order valence-electron chi connectivity index (χ2n) is 10.4. The molecular formula is C34H29N3O+2. The molecule has 0 aromatic heterocycles. The quantitative estimate of drug-likeness (QED) is 0.164. The van der Waals surface area contributed by atoms with Crippen molar-refractivity contribution in [2.24, 2.45) is 5.92 Å². The van der Waals surface area contributed by atoms with E-state index in [2.05, 4.69) is 125 Å². The minimum atomic E-state index is 0.0973. The molecule has 38 heavy (non-hydrogen) atoms. The van der Waals surface area contributed by atoms with Crippen LogP contribution in [0.2, 0.25) is 0 Å². The molecule has 4 nitrogen and oxygen atoms in total. The summed E-state index contributed by atoms with van der Waals surface area (Å²) in [7, 11) is 0. The first kappa shape index (κ1) is 21.5. The van der Waals surface area contributed by atoms with Gasteiger partial charge in [0.1, 0.15) is 11.4 Å². The lowest BCUT2D eigenvalue weighted by Gasteiger charge is -2.19. The molecule has 4 aromatic carbocycles. The zero-order chi connectivity index (χ0) is 25.1. The molecule has 0 spiro atoms. The minimum absolute atomic E-state index is 0.0973. The Kier molecular flexibility index (Phi) is 4.82. The van der Waals surface area contributed by atoms with E-state index in [4.69, 9.17) is 4.74 Å². The first-order valence-electron chi connectivity index (χ1n) is 13.4. The number of quaternary nitrogens is 1. The fraction of sp³-hybridized carbons (Fsp3) is 0.118. The third kappa shape index (κ3) is 3.34. The molecule has 184 valence electrons. The summed E-state index contributed by atoms with van der Waals surface area (Å²) in [4.78, 5) is 0. The van der Waals surface area contributed by atoms with E-state index < -0.39 is 0 Å². The molecule has 4 heteroatoms. The number of aromatic hydroxyl groups is 1. The lowest BCUT2D eigenvalue weighted by Crippen LogP contribution is -2.69. The van der Waals surface area contributed by atoms with Crippen molar-refractivity contribution in [3.05, 3.63) is 108 Å². The normalized spacial score (nSPS) is 20.0. The largest absolute Gasteiger partial charge is 0.564 e. The first-order valence-corrected chi connectivity index (χ1v) is 13.4. The van der Waals surface area contributed by atoms with Gasteiger partial charge in [0.15, 0.2) is 5.69 Å². The Hall–Kier alpha value is -4.54. The van der Waals surface area contributed by atoms with Crippen molar-refractivity contribution in [2.75, 3.05) is 17.2 Å². The fourth-order valence-electron chi connectivity index (χ4n) is 6.33. The van der Waals surface area contributed by atoms with E-state index in [0.29, 0.717) is 5.92 Å². The summed E-state index contributed by atoms with van der Waals surface area (Å²) in [6, 6.07) is 22.4. The van der Waals surface area contributed by atoms with Crippen LogP contribution < -0.4 is 16.0 Å². The number of benzene rings is 4. The highest BCUT2D eigenvalue weighted by Crippen LogP contribution is 2.45. The summed E-state index contributed by atoms with van der Waals surface area (Å²) in [6.45, 7) is 0.877. The molecule has 0 fully saturated rings. The molecule has 0 amide bonds. The number of nitrogens with one attached hydrogen (secondary N) is 2. The van der Waals surface area contributed by atoms with Crippen LogP contribution in [0.5, 0.6) is 5.75 Å². The van der Waals surface area contributed by atoms with Gasteiger partial charge < -0.3 is 15.4 Å². The fourth-order valence-corrected chi connectivity index (χ4v) is 6.33. The molecule has 0 saturated heterocycles. The summed E-state index contributed by atoms with van der Waals surface area (Å²) in [5.74, 6) is 1.45. The van der Waals surface area contributed by atoms with Crippen molar-refractivity contribution in [1.29, 1.82) is 0 Å². The van der Waals surface area contributed by atoms with Gasteiger partial charge in [0.05, 0.1) is 17.7 Å². The molecule has 2 unspecified atom stereocenters. The van der Waals surface area contributed by atoms with Gasteiger partial charge in [-0.15, -0.1) is 0 Å². The van der Waals surface area contributed by atoms with Gasteiger partial charge in [-0.25, -0.2) is 0 Å².